The Labute approximate surface area is 135 Å². The van der Waals surface area contributed by atoms with Crippen molar-refractivity contribution >= 4 is 23.0 Å². The number of pyridine rings is 1. The molecule has 22 heavy (non-hydrogen) atoms. The van der Waals surface area contributed by atoms with Gasteiger partial charge in [0.05, 0.1) is 11.9 Å². The fraction of sp³-hybridized carbons (Fsp3) is 0.294. The molecule has 0 amide bonds. The molecule has 1 aliphatic rings. The minimum absolute atomic E-state index is 0.166. The van der Waals surface area contributed by atoms with Crippen LogP contribution in [0.1, 0.15) is 17.5 Å². The zero-order valence-electron chi connectivity index (χ0n) is 12.3. The first-order valence-corrected chi connectivity index (χ1v) is 7.84. The lowest BCUT2D eigenvalue weighted by Gasteiger charge is -2.38. The van der Waals surface area contributed by atoms with Gasteiger partial charge in [0.25, 0.3) is 0 Å². The first-order chi connectivity index (χ1) is 10.8. The number of anilines is 1. The average molecular weight is 313 g/mol. The van der Waals surface area contributed by atoms with E-state index < -0.39 is 0 Å². The second kappa shape index (κ2) is 6.85. The molecule has 0 aliphatic carbocycles. The molecule has 1 atom stereocenters. The molecule has 1 aromatic carbocycles. The van der Waals surface area contributed by atoms with Gasteiger partial charge in [0, 0.05) is 25.4 Å². The van der Waals surface area contributed by atoms with Gasteiger partial charge >= 0.3 is 0 Å². The number of benzene rings is 1. The Balaban J connectivity index is 1.79. The molecule has 0 radical (unpaired) electrons. The Bertz CT molecular complexity index is 647. The van der Waals surface area contributed by atoms with Gasteiger partial charge in [0.2, 0.25) is 0 Å². The lowest BCUT2D eigenvalue weighted by Crippen LogP contribution is -2.46. The van der Waals surface area contributed by atoms with Gasteiger partial charge in [-0.2, -0.15) is 0 Å². The van der Waals surface area contributed by atoms with E-state index in [9.17, 15) is 5.11 Å². The van der Waals surface area contributed by atoms with E-state index in [4.69, 9.17) is 12.2 Å². The molecule has 4 nitrogen and oxygen atoms in total. The molecular weight excluding hydrogens is 294 g/mol. The third-order valence-electron chi connectivity index (χ3n) is 3.99. The van der Waals surface area contributed by atoms with Crippen LogP contribution in [0.25, 0.3) is 0 Å². The van der Waals surface area contributed by atoms with Crippen LogP contribution in [0.4, 0.5) is 5.69 Å². The second-order valence-corrected chi connectivity index (χ2v) is 5.83. The van der Waals surface area contributed by atoms with E-state index in [2.05, 4.69) is 39.5 Å². The van der Waals surface area contributed by atoms with Gasteiger partial charge in [0.15, 0.2) is 5.11 Å². The zero-order chi connectivity index (χ0) is 15.4. The summed E-state index contributed by atoms with van der Waals surface area (Å²) in [6.45, 7) is 0.936. The average Bonchev–Trinajstić information content (AvgIpc) is 2.55. The molecule has 0 fully saturated rings. The van der Waals surface area contributed by atoms with Crippen molar-refractivity contribution in [3.63, 3.8) is 0 Å². The zero-order valence-corrected chi connectivity index (χ0v) is 13.1. The van der Waals surface area contributed by atoms with Crippen LogP contribution in [0.15, 0.2) is 48.8 Å². The lowest BCUT2D eigenvalue weighted by atomic mass is 9.93. The molecule has 0 bridgehead atoms. The van der Waals surface area contributed by atoms with Gasteiger partial charge < -0.3 is 15.3 Å². The van der Waals surface area contributed by atoms with E-state index in [1.165, 1.54) is 11.1 Å². The molecule has 0 saturated heterocycles. The van der Waals surface area contributed by atoms with Gasteiger partial charge in [-0.25, -0.2) is 0 Å². The third kappa shape index (κ3) is 3.26. The van der Waals surface area contributed by atoms with Crippen molar-refractivity contribution in [1.82, 2.24) is 9.88 Å². The fourth-order valence-corrected chi connectivity index (χ4v) is 3.20. The van der Waals surface area contributed by atoms with Crippen LogP contribution >= 0.6 is 12.2 Å². The van der Waals surface area contributed by atoms with Crippen molar-refractivity contribution in [2.75, 3.05) is 11.9 Å². The molecule has 1 unspecified atom stereocenters. The number of aliphatic hydroxyl groups excluding tert-OH is 1. The van der Waals surface area contributed by atoms with Crippen LogP contribution in [-0.4, -0.2) is 32.8 Å². The molecule has 0 saturated carbocycles. The number of thiocarbonyl (C=S) groups is 1. The molecule has 3 rings (SSSR count). The van der Waals surface area contributed by atoms with Gasteiger partial charge in [-0.05, 0) is 48.3 Å². The van der Waals surface area contributed by atoms with Crippen molar-refractivity contribution in [3.05, 3.63) is 59.9 Å². The lowest BCUT2D eigenvalue weighted by molar-refractivity contribution is 0.207. The van der Waals surface area contributed by atoms with Crippen molar-refractivity contribution in [2.24, 2.45) is 0 Å². The fourth-order valence-electron chi connectivity index (χ4n) is 2.86. The summed E-state index contributed by atoms with van der Waals surface area (Å²) in [6, 6.07) is 12.5. The van der Waals surface area contributed by atoms with Gasteiger partial charge in [0.1, 0.15) is 0 Å². The Morgan fingerprint density at radius 1 is 1.27 bits per heavy atom. The number of fused-ring (bicyclic) bond motifs is 1. The summed E-state index contributed by atoms with van der Waals surface area (Å²) in [5.74, 6) is 0. The summed E-state index contributed by atoms with van der Waals surface area (Å²) in [4.78, 5) is 6.26. The predicted octanol–water partition coefficient (Wildman–Crippen LogP) is 2.59. The van der Waals surface area contributed by atoms with Crippen LogP contribution in [0.3, 0.4) is 0 Å². The second-order valence-electron chi connectivity index (χ2n) is 5.44. The van der Waals surface area contributed by atoms with E-state index >= 15 is 0 Å². The Kier molecular flexibility index (Phi) is 4.65. The molecule has 5 heteroatoms. The summed E-state index contributed by atoms with van der Waals surface area (Å²) >= 11 is 5.58. The van der Waals surface area contributed by atoms with E-state index in [0.717, 1.165) is 18.7 Å². The maximum atomic E-state index is 9.36. The topological polar surface area (TPSA) is 48.4 Å². The van der Waals surface area contributed by atoms with Crippen LogP contribution in [0, 0.1) is 0 Å². The molecule has 0 spiro atoms. The summed E-state index contributed by atoms with van der Waals surface area (Å²) < 4.78 is 0. The van der Waals surface area contributed by atoms with Crippen molar-refractivity contribution < 1.29 is 5.11 Å². The molecule has 2 heterocycles. The maximum Gasteiger partial charge on any atom is 0.174 e. The number of nitrogens with zero attached hydrogens (tertiary/aromatic N) is 2. The summed E-state index contributed by atoms with van der Waals surface area (Å²) in [7, 11) is 0. The minimum atomic E-state index is 0.166. The maximum absolute atomic E-state index is 9.36. The highest BCUT2D eigenvalue weighted by Crippen LogP contribution is 2.25. The first-order valence-electron chi connectivity index (χ1n) is 7.43. The number of hydrogen-bond acceptors (Lipinski definition) is 3. The van der Waals surface area contributed by atoms with E-state index in [0.29, 0.717) is 11.5 Å². The predicted molar refractivity (Wildman–Crippen MR) is 91.6 cm³/mol. The summed E-state index contributed by atoms with van der Waals surface area (Å²) in [5.41, 5.74) is 3.53. The van der Waals surface area contributed by atoms with Crippen molar-refractivity contribution in [3.8, 4) is 0 Å². The number of rotatable bonds is 3. The highest BCUT2D eigenvalue weighted by Gasteiger charge is 2.27. The largest absolute Gasteiger partial charge is 0.396 e. The van der Waals surface area contributed by atoms with Gasteiger partial charge in [-0.15, -0.1) is 0 Å². The SMILES string of the molecule is OCCC1Cc2ccccc2CN1C(=S)Nc1cccnc1. The Hall–Kier alpha value is -1.98. The van der Waals surface area contributed by atoms with Gasteiger partial charge in [-0.3, -0.25) is 4.98 Å². The van der Waals surface area contributed by atoms with Crippen LogP contribution < -0.4 is 5.32 Å². The molecule has 1 aliphatic heterocycles. The van der Waals surface area contributed by atoms with Gasteiger partial charge in [-0.1, -0.05) is 24.3 Å². The smallest absolute Gasteiger partial charge is 0.174 e. The van der Waals surface area contributed by atoms with Crippen LogP contribution in [0.2, 0.25) is 0 Å². The summed E-state index contributed by atoms with van der Waals surface area (Å²) in [6.07, 6.45) is 5.11. The highest BCUT2D eigenvalue weighted by atomic mass is 32.1. The van der Waals surface area contributed by atoms with E-state index in [1.807, 2.05) is 12.1 Å². The number of nitrogens with one attached hydrogen (secondary N) is 1. The monoisotopic (exact) mass is 313 g/mol. The molecular formula is C17H19N3OS. The molecule has 2 aromatic rings. The molecule has 114 valence electrons. The first kappa shape index (κ1) is 14.9. The molecule has 2 N–H and O–H groups in total. The summed E-state index contributed by atoms with van der Waals surface area (Å²) in [5, 5.41) is 13.3. The normalized spacial score (nSPS) is 17.0. The quantitative estimate of drug-likeness (QED) is 0.853. The highest BCUT2D eigenvalue weighted by molar-refractivity contribution is 7.80. The van der Waals surface area contributed by atoms with Crippen molar-refractivity contribution in [1.29, 1.82) is 0 Å². The molecule has 1 aromatic heterocycles. The standard InChI is InChI=1S/C17H19N3OS/c21-9-7-16-10-13-4-1-2-5-14(13)12-20(16)17(22)19-15-6-3-8-18-11-15/h1-6,8,11,16,21H,7,9-10,12H2,(H,19,22). The number of aliphatic hydroxyl groups is 1. The van der Waals surface area contributed by atoms with E-state index in [1.54, 1.807) is 12.4 Å². The van der Waals surface area contributed by atoms with Crippen molar-refractivity contribution in [2.45, 2.75) is 25.4 Å². The van der Waals surface area contributed by atoms with Crippen LogP contribution in [-0.2, 0) is 13.0 Å². The van der Waals surface area contributed by atoms with Crippen LogP contribution in [0.5, 0.6) is 0 Å². The minimum Gasteiger partial charge on any atom is -0.396 e. The van der Waals surface area contributed by atoms with E-state index in [-0.39, 0.29) is 12.6 Å². The third-order valence-corrected chi connectivity index (χ3v) is 4.33. The number of hydrogen-bond donors (Lipinski definition) is 2. The number of aromatic nitrogens is 1. The Morgan fingerprint density at radius 3 is 2.82 bits per heavy atom. The Morgan fingerprint density at radius 2 is 2.09 bits per heavy atom.